The van der Waals surface area contributed by atoms with Crippen LogP contribution in [0.2, 0.25) is 0 Å². The maximum Gasteiger partial charge on any atom is 0.167 e. The van der Waals surface area contributed by atoms with E-state index in [4.69, 9.17) is 4.74 Å². The first-order chi connectivity index (χ1) is 9.40. The molecular formula is C15H23F2NO2. The van der Waals surface area contributed by atoms with Crippen LogP contribution in [0, 0.1) is 11.6 Å². The molecule has 1 rings (SSSR count). The van der Waals surface area contributed by atoms with Crippen LogP contribution in [0.5, 0.6) is 5.75 Å². The van der Waals surface area contributed by atoms with Gasteiger partial charge in [-0.25, -0.2) is 8.78 Å². The van der Waals surface area contributed by atoms with Gasteiger partial charge in [0.1, 0.15) is 5.82 Å². The minimum Gasteiger partial charge on any atom is -0.488 e. The third-order valence-corrected chi connectivity index (χ3v) is 3.11. The zero-order valence-electron chi connectivity index (χ0n) is 12.2. The summed E-state index contributed by atoms with van der Waals surface area (Å²) in [5.41, 5.74) is -0.480. The molecule has 0 saturated carbocycles. The summed E-state index contributed by atoms with van der Waals surface area (Å²) in [6, 6.07) is 3.23. The molecule has 0 amide bonds. The van der Waals surface area contributed by atoms with Crippen molar-refractivity contribution in [1.82, 2.24) is 5.32 Å². The first-order valence-corrected chi connectivity index (χ1v) is 6.88. The van der Waals surface area contributed by atoms with Crippen molar-refractivity contribution in [3.8, 4) is 5.75 Å². The quantitative estimate of drug-likeness (QED) is 0.772. The fraction of sp³-hybridized carbons (Fsp3) is 0.600. The molecule has 2 N–H and O–H groups in total. The summed E-state index contributed by atoms with van der Waals surface area (Å²) < 4.78 is 31.8. The summed E-state index contributed by atoms with van der Waals surface area (Å²) in [6.07, 6.45) is 1.16. The fourth-order valence-corrected chi connectivity index (χ4v) is 2.08. The average molecular weight is 287 g/mol. The summed E-state index contributed by atoms with van der Waals surface area (Å²) in [5.74, 6) is -1.33. The summed E-state index contributed by atoms with van der Waals surface area (Å²) in [5, 5.41) is 12.7. The molecule has 0 aliphatic rings. The molecule has 0 bridgehead atoms. The van der Waals surface area contributed by atoms with E-state index in [0.717, 1.165) is 25.1 Å². The third kappa shape index (κ3) is 5.06. The van der Waals surface area contributed by atoms with Gasteiger partial charge in [-0.2, -0.15) is 0 Å². The van der Waals surface area contributed by atoms with Crippen molar-refractivity contribution in [3.05, 3.63) is 29.8 Å². The lowest BCUT2D eigenvalue weighted by Crippen LogP contribution is -2.48. The molecule has 0 fully saturated rings. The maximum absolute atomic E-state index is 13.5. The molecule has 0 saturated heterocycles. The Morgan fingerprint density at radius 1 is 1.40 bits per heavy atom. The highest BCUT2D eigenvalue weighted by Crippen LogP contribution is 2.22. The van der Waals surface area contributed by atoms with Gasteiger partial charge in [-0.1, -0.05) is 6.92 Å². The summed E-state index contributed by atoms with van der Waals surface area (Å²) >= 11 is 0. The Balaban J connectivity index is 2.63. The molecule has 5 heteroatoms. The smallest absolute Gasteiger partial charge is 0.167 e. The van der Waals surface area contributed by atoms with E-state index in [1.165, 1.54) is 6.07 Å². The van der Waals surface area contributed by atoms with Crippen molar-refractivity contribution in [2.75, 3.05) is 13.2 Å². The molecule has 20 heavy (non-hydrogen) atoms. The molecular weight excluding hydrogens is 264 g/mol. The second-order valence-electron chi connectivity index (χ2n) is 5.35. The van der Waals surface area contributed by atoms with Gasteiger partial charge in [0.05, 0.1) is 12.7 Å². The zero-order chi connectivity index (χ0) is 15.2. The van der Waals surface area contributed by atoms with Gasteiger partial charge >= 0.3 is 0 Å². The second-order valence-corrected chi connectivity index (χ2v) is 5.35. The van der Waals surface area contributed by atoms with Crippen LogP contribution in [0.1, 0.15) is 33.6 Å². The lowest BCUT2D eigenvalue weighted by atomic mass is 9.95. The van der Waals surface area contributed by atoms with E-state index in [2.05, 4.69) is 5.32 Å². The maximum atomic E-state index is 13.5. The second kappa shape index (κ2) is 7.55. The highest BCUT2D eigenvalue weighted by Gasteiger charge is 2.26. The normalized spacial score (nSPS) is 15.7. The molecule has 0 spiro atoms. The SMILES string of the molecule is CCCNC(C)(CO)CC(C)Oc1ccc(F)cc1F. The van der Waals surface area contributed by atoms with Gasteiger partial charge in [-0.05, 0) is 38.9 Å². The van der Waals surface area contributed by atoms with Gasteiger partial charge in [-0.15, -0.1) is 0 Å². The molecule has 0 heterocycles. The van der Waals surface area contributed by atoms with Crippen molar-refractivity contribution in [3.63, 3.8) is 0 Å². The standard InChI is InChI=1S/C15H23F2NO2/c1-4-7-18-15(3,10-19)9-11(2)20-14-6-5-12(16)8-13(14)17/h5-6,8,11,18-19H,4,7,9-10H2,1-3H3. The molecule has 1 aromatic carbocycles. The Kier molecular flexibility index (Phi) is 6.36. The number of hydrogen-bond donors (Lipinski definition) is 2. The molecule has 0 radical (unpaired) electrons. The monoisotopic (exact) mass is 287 g/mol. The van der Waals surface area contributed by atoms with Gasteiger partial charge in [0.15, 0.2) is 11.6 Å². The van der Waals surface area contributed by atoms with Crippen LogP contribution in [-0.2, 0) is 0 Å². The van der Waals surface area contributed by atoms with Gasteiger partial charge < -0.3 is 15.2 Å². The Bertz CT molecular complexity index is 428. The Morgan fingerprint density at radius 3 is 2.65 bits per heavy atom. The largest absolute Gasteiger partial charge is 0.488 e. The number of ether oxygens (including phenoxy) is 1. The zero-order valence-corrected chi connectivity index (χ0v) is 12.2. The minimum absolute atomic E-state index is 0.0229. The number of hydrogen-bond acceptors (Lipinski definition) is 3. The van der Waals surface area contributed by atoms with Crippen molar-refractivity contribution in [2.45, 2.75) is 45.3 Å². The van der Waals surface area contributed by atoms with Crippen molar-refractivity contribution < 1.29 is 18.6 Å². The van der Waals surface area contributed by atoms with Crippen LogP contribution in [0.15, 0.2) is 18.2 Å². The number of halogens is 2. The number of aliphatic hydroxyl groups is 1. The van der Waals surface area contributed by atoms with E-state index >= 15 is 0 Å². The summed E-state index contributed by atoms with van der Waals surface area (Å²) in [4.78, 5) is 0. The summed E-state index contributed by atoms with van der Waals surface area (Å²) in [7, 11) is 0. The van der Waals surface area contributed by atoms with Crippen molar-refractivity contribution in [2.24, 2.45) is 0 Å². The van der Waals surface area contributed by atoms with Crippen LogP contribution in [0.25, 0.3) is 0 Å². The van der Waals surface area contributed by atoms with Crippen LogP contribution in [0.4, 0.5) is 8.78 Å². The van der Waals surface area contributed by atoms with E-state index in [1.54, 1.807) is 6.92 Å². The number of nitrogens with one attached hydrogen (secondary N) is 1. The van der Waals surface area contributed by atoms with Gasteiger partial charge in [0.25, 0.3) is 0 Å². The van der Waals surface area contributed by atoms with E-state index in [-0.39, 0.29) is 18.5 Å². The van der Waals surface area contributed by atoms with Crippen LogP contribution >= 0.6 is 0 Å². The Labute approximate surface area is 119 Å². The molecule has 2 unspecified atom stereocenters. The molecule has 0 aromatic heterocycles. The number of aliphatic hydroxyl groups excluding tert-OH is 1. The molecule has 2 atom stereocenters. The van der Waals surface area contributed by atoms with Crippen molar-refractivity contribution >= 4 is 0 Å². The highest BCUT2D eigenvalue weighted by atomic mass is 19.1. The van der Waals surface area contributed by atoms with E-state index < -0.39 is 17.2 Å². The van der Waals surface area contributed by atoms with Crippen LogP contribution < -0.4 is 10.1 Å². The van der Waals surface area contributed by atoms with Gasteiger partial charge in [0.2, 0.25) is 0 Å². The van der Waals surface area contributed by atoms with Gasteiger partial charge in [-0.3, -0.25) is 0 Å². The minimum atomic E-state index is -0.718. The first kappa shape index (κ1) is 16.9. The lowest BCUT2D eigenvalue weighted by molar-refractivity contribution is 0.107. The van der Waals surface area contributed by atoms with Crippen molar-refractivity contribution in [1.29, 1.82) is 0 Å². The van der Waals surface area contributed by atoms with E-state index in [1.807, 2.05) is 13.8 Å². The molecule has 1 aromatic rings. The average Bonchev–Trinajstić information content (AvgIpc) is 2.40. The van der Waals surface area contributed by atoms with Gasteiger partial charge in [0, 0.05) is 18.0 Å². The first-order valence-electron chi connectivity index (χ1n) is 6.88. The third-order valence-electron chi connectivity index (χ3n) is 3.11. The Hall–Kier alpha value is -1.20. The highest BCUT2D eigenvalue weighted by molar-refractivity contribution is 5.24. The van der Waals surface area contributed by atoms with E-state index in [9.17, 15) is 13.9 Å². The fourth-order valence-electron chi connectivity index (χ4n) is 2.08. The topological polar surface area (TPSA) is 41.5 Å². The molecule has 0 aliphatic carbocycles. The van der Waals surface area contributed by atoms with Crippen LogP contribution in [-0.4, -0.2) is 29.9 Å². The molecule has 114 valence electrons. The number of benzene rings is 1. The predicted octanol–water partition coefficient (Wildman–Crippen LogP) is 2.87. The molecule has 3 nitrogen and oxygen atoms in total. The summed E-state index contributed by atoms with van der Waals surface area (Å²) in [6.45, 7) is 6.48. The lowest BCUT2D eigenvalue weighted by Gasteiger charge is -2.31. The van der Waals surface area contributed by atoms with E-state index in [0.29, 0.717) is 6.42 Å². The Morgan fingerprint density at radius 2 is 2.10 bits per heavy atom. The predicted molar refractivity (Wildman–Crippen MR) is 74.8 cm³/mol. The number of rotatable bonds is 8. The molecule has 0 aliphatic heterocycles. The van der Waals surface area contributed by atoms with Crippen LogP contribution in [0.3, 0.4) is 0 Å².